The SMILES string of the molecule is Cc1cc(O)c(-c2n[nH]c3c2C(c2cccc(Cl)c2)N(CCCOC(C)C)C3=O)cc1Cl. The largest absolute Gasteiger partial charge is 0.507 e. The Morgan fingerprint density at radius 2 is 2.03 bits per heavy atom. The molecule has 1 aliphatic heterocycles. The maximum absolute atomic E-state index is 13.3. The van der Waals surface area contributed by atoms with Gasteiger partial charge in [0.2, 0.25) is 0 Å². The predicted octanol–water partition coefficient (Wildman–Crippen LogP) is 5.76. The zero-order chi connectivity index (χ0) is 23.0. The number of aryl methyl sites for hydroxylation is 1. The number of aromatic nitrogens is 2. The van der Waals surface area contributed by atoms with Crippen LogP contribution in [-0.4, -0.2) is 45.4 Å². The number of phenols is 1. The molecule has 6 nitrogen and oxygen atoms in total. The Morgan fingerprint density at radius 3 is 2.75 bits per heavy atom. The highest BCUT2D eigenvalue weighted by Crippen LogP contribution is 2.45. The highest BCUT2D eigenvalue weighted by atomic mass is 35.5. The van der Waals surface area contributed by atoms with E-state index < -0.39 is 6.04 Å². The molecule has 0 saturated carbocycles. The summed E-state index contributed by atoms with van der Waals surface area (Å²) in [7, 11) is 0. The van der Waals surface area contributed by atoms with Gasteiger partial charge in [-0.1, -0.05) is 35.3 Å². The van der Waals surface area contributed by atoms with Gasteiger partial charge in [-0.25, -0.2) is 0 Å². The third-order valence-electron chi connectivity index (χ3n) is 5.55. The van der Waals surface area contributed by atoms with Crippen LogP contribution in [0.2, 0.25) is 10.0 Å². The molecule has 8 heteroatoms. The van der Waals surface area contributed by atoms with Crippen LogP contribution in [0.5, 0.6) is 5.75 Å². The second kappa shape index (κ2) is 9.14. The van der Waals surface area contributed by atoms with E-state index in [0.29, 0.717) is 52.1 Å². The number of aromatic amines is 1. The van der Waals surface area contributed by atoms with Crippen LogP contribution in [0.4, 0.5) is 0 Å². The van der Waals surface area contributed by atoms with Crippen LogP contribution in [0.3, 0.4) is 0 Å². The van der Waals surface area contributed by atoms with E-state index in [9.17, 15) is 9.90 Å². The van der Waals surface area contributed by atoms with Gasteiger partial charge in [-0.3, -0.25) is 9.89 Å². The van der Waals surface area contributed by atoms with Gasteiger partial charge in [0.15, 0.2) is 0 Å². The van der Waals surface area contributed by atoms with Crippen molar-refractivity contribution >= 4 is 29.1 Å². The molecular formula is C24H25Cl2N3O3. The van der Waals surface area contributed by atoms with Gasteiger partial charge in [0.05, 0.1) is 12.1 Å². The third-order valence-corrected chi connectivity index (χ3v) is 6.20. The fourth-order valence-corrected chi connectivity index (χ4v) is 4.43. The van der Waals surface area contributed by atoms with Crippen molar-refractivity contribution in [1.82, 2.24) is 15.1 Å². The van der Waals surface area contributed by atoms with Crippen LogP contribution in [0.1, 0.15) is 53.5 Å². The Labute approximate surface area is 197 Å². The van der Waals surface area contributed by atoms with E-state index >= 15 is 0 Å². The number of amides is 1. The molecule has 1 unspecified atom stereocenters. The zero-order valence-corrected chi connectivity index (χ0v) is 19.7. The first-order valence-electron chi connectivity index (χ1n) is 10.5. The number of rotatable bonds is 7. The Hall–Kier alpha value is -2.54. The van der Waals surface area contributed by atoms with Crippen LogP contribution in [0.25, 0.3) is 11.3 Å². The number of H-pyrrole nitrogens is 1. The molecule has 0 radical (unpaired) electrons. The molecule has 4 rings (SSSR count). The van der Waals surface area contributed by atoms with Crippen molar-refractivity contribution < 1.29 is 14.6 Å². The smallest absolute Gasteiger partial charge is 0.273 e. The molecule has 2 N–H and O–H groups in total. The van der Waals surface area contributed by atoms with Crippen LogP contribution in [0, 0.1) is 6.92 Å². The summed E-state index contributed by atoms with van der Waals surface area (Å²) in [6.07, 6.45) is 0.820. The van der Waals surface area contributed by atoms with E-state index in [1.807, 2.05) is 39.0 Å². The van der Waals surface area contributed by atoms with Gasteiger partial charge >= 0.3 is 0 Å². The third kappa shape index (κ3) is 4.22. The molecule has 32 heavy (non-hydrogen) atoms. The maximum Gasteiger partial charge on any atom is 0.273 e. The summed E-state index contributed by atoms with van der Waals surface area (Å²) in [5.41, 5.74) is 3.72. The molecule has 2 aromatic carbocycles. The number of aromatic hydroxyl groups is 1. The molecule has 1 aliphatic rings. The number of ether oxygens (including phenoxy) is 1. The lowest BCUT2D eigenvalue weighted by atomic mass is 9.95. The molecule has 0 saturated heterocycles. The van der Waals surface area contributed by atoms with Crippen LogP contribution in [0.15, 0.2) is 36.4 Å². The lowest BCUT2D eigenvalue weighted by Gasteiger charge is -2.26. The van der Waals surface area contributed by atoms with E-state index in [-0.39, 0.29) is 17.8 Å². The molecule has 0 aliphatic carbocycles. The Bertz CT molecular complexity index is 1160. The van der Waals surface area contributed by atoms with Crippen molar-refractivity contribution in [3.63, 3.8) is 0 Å². The second-order valence-electron chi connectivity index (χ2n) is 8.21. The minimum atomic E-state index is -0.400. The fraction of sp³-hybridized carbons (Fsp3) is 0.333. The highest BCUT2D eigenvalue weighted by molar-refractivity contribution is 6.31. The zero-order valence-electron chi connectivity index (χ0n) is 18.2. The Kier molecular flexibility index (Phi) is 6.47. The summed E-state index contributed by atoms with van der Waals surface area (Å²) in [6, 6.07) is 10.3. The number of benzene rings is 2. The summed E-state index contributed by atoms with van der Waals surface area (Å²) in [4.78, 5) is 15.1. The first-order chi connectivity index (χ1) is 15.3. The number of halogens is 2. The number of nitrogens with zero attached hydrogens (tertiary/aromatic N) is 2. The monoisotopic (exact) mass is 473 g/mol. The van der Waals surface area contributed by atoms with Crippen LogP contribution >= 0.6 is 23.2 Å². The van der Waals surface area contributed by atoms with Gasteiger partial charge in [-0.05, 0) is 62.6 Å². The molecule has 168 valence electrons. The number of hydrogen-bond acceptors (Lipinski definition) is 4. The van der Waals surface area contributed by atoms with Gasteiger partial charge in [-0.15, -0.1) is 0 Å². The van der Waals surface area contributed by atoms with Crippen LogP contribution < -0.4 is 0 Å². The topological polar surface area (TPSA) is 78.5 Å². The Balaban J connectivity index is 1.79. The normalized spacial score (nSPS) is 15.6. The second-order valence-corrected chi connectivity index (χ2v) is 9.05. The number of carbonyl (C=O) groups excluding carboxylic acids is 1. The van der Waals surface area contributed by atoms with Crippen molar-refractivity contribution in [2.75, 3.05) is 13.2 Å². The summed E-state index contributed by atoms with van der Waals surface area (Å²) < 4.78 is 5.66. The number of hydrogen-bond donors (Lipinski definition) is 2. The number of nitrogens with one attached hydrogen (secondary N) is 1. The van der Waals surface area contributed by atoms with Gasteiger partial charge in [0.25, 0.3) is 5.91 Å². The van der Waals surface area contributed by atoms with Crippen molar-refractivity contribution in [1.29, 1.82) is 0 Å². The average Bonchev–Trinajstić information content (AvgIpc) is 3.27. The molecule has 1 atom stereocenters. The van der Waals surface area contributed by atoms with Gasteiger partial charge in [0, 0.05) is 34.3 Å². The summed E-state index contributed by atoms with van der Waals surface area (Å²) in [6.45, 7) is 6.85. The number of fused-ring (bicyclic) bond motifs is 1. The molecule has 1 amide bonds. The Morgan fingerprint density at radius 1 is 1.25 bits per heavy atom. The van der Waals surface area contributed by atoms with Crippen molar-refractivity contribution in [2.24, 2.45) is 0 Å². The van der Waals surface area contributed by atoms with Crippen molar-refractivity contribution in [2.45, 2.75) is 39.3 Å². The first kappa shape index (κ1) is 22.6. The minimum absolute atomic E-state index is 0.0577. The van der Waals surface area contributed by atoms with E-state index in [0.717, 1.165) is 11.1 Å². The molecule has 0 fully saturated rings. The van der Waals surface area contributed by atoms with E-state index in [1.165, 1.54) is 0 Å². The number of phenolic OH excluding ortho intramolecular Hbond substituents is 1. The van der Waals surface area contributed by atoms with Crippen LogP contribution in [-0.2, 0) is 4.74 Å². The molecular weight excluding hydrogens is 449 g/mol. The minimum Gasteiger partial charge on any atom is -0.507 e. The van der Waals surface area contributed by atoms with Crippen molar-refractivity contribution in [3.8, 4) is 17.0 Å². The summed E-state index contributed by atoms with van der Waals surface area (Å²) in [5.74, 6) is -0.0896. The van der Waals surface area contributed by atoms with E-state index in [1.54, 1.807) is 23.1 Å². The lowest BCUT2D eigenvalue weighted by molar-refractivity contribution is 0.0601. The van der Waals surface area contributed by atoms with Crippen molar-refractivity contribution in [3.05, 3.63) is 68.8 Å². The summed E-state index contributed by atoms with van der Waals surface area (Å²) in [5, 5.41) is 19.0. The van der Waals surface area contributed by atoms with Gasteiger partial charge in [0.1, 0.15) is 17.1 Å². The summed E-state index contributed by atoms with van der Waals surface area (Å²) >= 11 is 12.6. The quantitative estimate of drug-likeness (QED) is 0.427. The maximum atomic E-state index is 13.3. The predicted molar refractivity (Wildman–Crippen MR) is 125 cm³/mol. The molecule has 3 aromatic rings. The van der Waals surface area contributed by atoms with E-state index in [2.05, 4.69) is 10.2 Å². The lowest BCUT2D eigenvalue weighted by Crippen LogP contribution is -2.31. The molecule has 2 heterocycles. The van der Waals surface area contributed by atoms with Gasteiger partial charge < -0.3 is 14.7 Å². The number of carbonyl (C=O) groups is 1. The fourth-order valence-electron chi connectivity index (χ4n) is 4.07. The standard InChI is InChI=1S/C24H25Cl2N3O3/c1-13(2)32-9-5-8-29-23(15-6-4-7-16(25)11-15)20-21(27-28-22(20)24(29)31)17-12-18(26)14(3)10-19(17)30/h4,6-7,10-13,23,30H,5,8-9H2,1-3H3,(H,27,28). The molecule has 0 spiro atoms. The molecule has 1 aromatic heterocycles. The average molecular weight is 474 g/mol. The van der Waals surface area contributed by atoms with E-state index in [4.69, 9.17) is 27.9 Å². The molecule has 0 bridgehead atoms. The van der Waals surface area contributed by atoms with Gasteiger partial charge in [-0.2, -0.15) is 5.10 Å². The highest BCUT2D eigenvalue weighted by Gasteiger charge is 2.42. The first-order valence-corrected chi connectivity index (χ1v) is 11.3.